The van der Waals surface area contributed by atoms with Crippen molar-refractivity contribution in [3.8, 4) is 5.75 Å². The summed E-state index contributed by atoms with van der Waals surface area (Å²) in [5.41, 5.74) is 3.52. The van der Waals surface area contributed by atoms with Crippen LogP contribution in [0, 0.1) is 19.8 Å². The van der Waals surface area contributed by atoms with Crippen LogP contribution in [-0.2, 0) is 20.9 Å². The summed E-state index contributed by atoms with van der Waals surface area (Å²) in [6, 6.07) is 16.8. The zero-order chi connectivity index (χ0) is 24.1. The van der Waals surface area contributed by atoms with Crippen LogP contribution < -0.4 is 20.3 Å². The first-order valence-electron chi connectivity index (χ1n) is 11.1. The number of ether oxygens (including phenoxy) is 1. The molecule has 1 fully saturated rings. The highest BCUT2D eigenvalue weighted by Crippen LogP contribution is 2.27. The Bertz CT molecular complexity index is 1180. The highest BCUT2D eigenvalue weighted by Gasteiger charge is 2.35. The van der Waals surface area contributed by atoms with Crippen LogP contribution in [0.5, 0.6) is 5.75 Å². The standard InChI is InChI=1S/C26H27N3O4S/c1-17-5-6-18(2)23(12-17)28-24(30)16-33-21-9-7-20(8-10-21)29-15-19(13-25(29)31)26(32)27-14-22-4-3-11-34-22/h3-12,19H,13-16H2,1-2H3,(H,27,32)(H,28,30)/t19-/m1/s1. The van der Waals surface area contributed by atoms with E-state index in [1.54, 1.807) is 40.5 Å². The minimum Gasteiger partial charge on any atom is -0.484 e. The zero-order valence-electron chi connectivity index (χ0n) is 19.2. The minimum atomic E-state index is -0.378. The number of hydrogen-bond acceptors (Lipinski definition) is 5. The molecule has 2 heterocycles. The molecular formula is C26H27N3O4S. The molecular weight excluding hydrogens is 450 g/mol. The number of hydrogen-bond donors (Lipinski definition) is 2. The average Bonchev–Trinajstić information content (AvgIpc) is 3.49. The van der Waals surface area contributed by atoms with Crippen molar-refractivity contribution in [1.82, 2.24) is 5.32 Å². The largest absolute Gasteiger partial charge is 0.484 e. The summed E-state index contributed by atoms with van der Waals surface area (Å²) < 4.78 is 5.60. The number of rotatable bonds is 8. The third kappa shape index (κ3) is 5.82. The number of benzene rings is 2. The van der Waals surface area contributed by atoms with Gasteiger partial charge in [0.15, 0.2) is 6.61 Å². The molecule has 3 aromatic rings. The maximum absolute atomic E-state index is 12.5. The van der Waals surface area contributed by atoms with Gasteiger partial charge in [0, 0.05) is 29.2 Å². The molecule has 34 heavy (non-hydrogen) atoms. The third-order valence-corrected chi connectivity index (χ3v) is 6.57. The van der Waals surface area contributed by atoms with Gasteiger partial charge in [0.1, 0.15) is 5.75 Å². The van der Waals surface area contributed by atoms with Crippen LogP contribution in [0.25, 0.3) is 0 Å². The van der Waals surface area contributed by atoms with Crippen molar-refractivity contribution in [3.63, 3.8) is 0 Å². The van der Waals surface area contributed by atoms with Gasteiger partial charge in [-0.3, -0.25) is 14.4 Å². The van der Waals surface area contributed by atoms with Crippen LogP contribution in [0.3, 0.4) is 0 Å². The Hall–Kier alpha value is -3.65. The molecule has 0 spiro atoms. The lowest BCUT2D eigenvalue weighted by molar-refractivity contribution is -0.126. The Balaban J connectivity index is 1.28. The second-order valence-electron chi connectivity index (χ2n) is 8.35. The van der Waals surface area contributed by atoms with Gasteiger partial charge in [-0.1, -0.05) is 18.2 Å². The maximum Gasteiger partial charge on any atom is 0.262 e. The number of nitrogens with zero attached hydrogens (tertiary/aromatic N) is 1. The van der Waals surface area contributed by atoms with Crippen LogP contribution in [0.1, 0.15) is 22.4 Å². The molecule has 0 saturated carbocycles. The van der Waals surface area contributed by atoms with Crippen molar-refractivity contribution in [2.24, 2.45) is 5.92 Å². The third-order valence-electron chi connectivity index (χ3n) is 5.70. The van der Waals surface area contributed by atoms with Crippen LogP contribution in [0.15, 0.2) is 60.0 Å². The normalized spacial score (nSPS) is 15.3. The SMILES string of the molecule is Cc1ccc(C)c(NC(=O)COc2ccc(N3C[C@H](C(=O)NCc4cccs4)CC3=O)cc2)c1. The number of amides is 3. The molecule has 0 aliphatic carbocycles. The molecule has 1 aliphatic rings. The van der Waals surface area contributed by atoms with E-state index in [1.807, 2.05) is 49.6 Å². The number of thiophene rings is 1. The van der Waals surface area contributed by atoms with Gasteiger partial charge in [0.05, 0.1) is 12.5 Å². The van der Waals surface area contributed by atoms with Crippen molar-refractivity contribution in [2.45, 2.75) is 26.8 Å². The lowest BCUT2D eigenvalue weighted by atomic mass is 10.1. The molecule has 4 rings (SSSR count). The first kappa shape index (κ1) is 23.5. The van der Waals surface area contributed by atoms with Gasteiger partial charge in [0.25, 0.3) is 5.91 Å². The molecule has 8 heteroatoms. The lowest BCUT2D eigenvalue weighted by Gasteiger charge is -2.17. The van der Waals surface area contributed by atoms with E-state index in [-0.39, 0.29) is 36.7 Å². The Kier molecular flexibility index (Phi) is 7.27. The summed E-state index contributed by atoms with van der Waals surface area (Å²) >= 11 is 1.58. The van der Waals surface area contributed by atoms with E-state index in [1.165, 1.54) is 0 Å². The topological polar surface area (TPSA) is 87.7 Å². The molecule has 176 valence electrons. The van der Waals surface area contributed by atoms with Crippen molar-refractivity contribution in [3.05, 3.63) is 76.0 Å². The van der Waals surface area contributed by atoms with E-state index in [2.05, 4.69) is 10.6 Å². The molecule has 2 N–H and O–H groups in total. The highest BCUT2D eigenvalue weighted by atomic mass is 32.1. The fraction of sp³-hybridized carbons (Fsp3) is 0.269. The Morgan fingerprint density at radius 2 is 1.91 bits per heavy atom. The maximum atomic E-state index is 12.5. The minimum absolute atomic E-state index is 0.0853. The molecule has 0 unspecified atom stereocenters. The molecule has 1 atom stereocenters. The van der Waals surface area contributed by atoms with E-state index >= 15 is 0 Å². The quantitative estimate of drug-likeness (QED) is 0.512. The predicted molar refractivity (Wildman–Crippen MR) is 133 cm³/mol. The number of anilines is 2. The monoisotopic (exact) mass is 477 g/mol. The zero-order valence-corrected chi connectivity index (χ0v) is 20.0. The first-order chi connectivity index (χ1) is 16.4. The second kappa shape index (κ2) is 10.5. The molecule has 0 bridgehead atoms. The molecule has 1 aliphatic heterocycles. The molecule has 0 radical (unpaired) electrons. The van der Waals surface area contributed by atoms with E-state index in [0.29, 0.717) is 24.5 Å². The summed E-state index contributed by atoms with van der Waals surface area (Å²) in [5.74, 6) is -0.297. The van der Waals surface area contributed by atoms with Crippen LogP contribution in [-0.4, -0.2) is 30.9 Å². The smallest absolute Gasteiger partial charge is 0.262 e. The van der Waals surface area contributed by atoms with Gasteiger partial charge in [-0.15, -0.1) is 11.3 Å². The van der Waals surface area contributed by atoms with Crippen LogP contribution >= 0.6 is 11.3 Å². The van der Waals surface area contributed by atoms with Gasteiger partial charge in [-0.05, 0) is 66.8 Å². The second-order valence-corrected chi connectivity index (χ2v) is 9.38. The number of nitrogens with one attached hydrogen (secondary N) is 2. The number of carbonyl (C=O) groups excluding carboxylic acids is 3. The van der Waals surface area contributed by atoms with Crippen molar-refractivity contribution in [1.29, 1.82) is 0 Å². The van der Waals surface area contributed by atoms with Gasteiger partial charge >= 0.3 is 0 Å². The van der Waals surface area contributed by atoms with Gasteiger partial charge in [-0.2, -0.15) is 0 Å². The number of carbonyl (C=O) groups is 3. The van der Waals surface area contributed by atoms with Crippen molar-refractivity contribution < 1.29 is 19.1 Å². The highest BCUT2D eigenvalue weighted by molar-refractivity contribution is 7.09. The first-order valence-corrected chi connectivity index (χ1v) is 12.0. The predicted octanol–water partition coefficient (Wildman–Crippen LogP) is 4.05. The Labute approximate surface area is 202 Å². The van der Waals surface area contributed by atoms with Crippen LogP contribution in [0.2, 0.25) is 0 Å². The van der Waals surface area contributed by atoms with E-state index in [4.69, 9.17) is 4.74 Å². The molecule has 7 nitrogen and oxygen atoms in total. The summed E-state index contributed by atoms with van der Waals surface area (Å²) in [6.07, 6.45) is 0.188. The van der Waals surface area contributed by atoms with Crippen molar-refractivity contribution >= 4 is 40.4 Å². The van der Waals surface area contributed by atoms with Gasteiger partial charge in [-0.25, -0.2) is 0 Å². The summed E-state index contributed by atoms with van der Waals surface area (Å²) in [5, 5.41) is 7.74. The van der Waals surface area contributed by atoms with Gasteiger partial charge in [0.2, 0.25) is 11.8 Å². The van der Waals surface area contributed by atoms with Gasteiger partial charge < -0.3 is 20.3 Å². The summed E-state index contributed by atoms with van der Waals surface area (Å²) in [4.78, 5) is 40.0. The Morgan fingerprint density at radius 3 is 2.65 bits per heavy atom. The molecule has 2 aromatic carbocycles. The molecule has 3 amide bonds. The average molecular weight is 478 g/mol. The molecule has 1 saturated heterocycles. The molecule has 1 aromatic heterocycles. The van der Waals surface area contributed by atoms with Crippen molar-refractivity contribution in [2.75, 3.05) is 23.4 Å². The summed E-state index contributed by atoms with van der Waals surface area (Å²) in [7, 11) is 0. The summed E-state index contributed by atoms with van der Waals surface area (Å²) in [6.45, 7) is 4.60. The number of aryl methyl sites for hydroxylation is 2. The lowest BCUT2D eigenvalue weighted by Crippen LogP contribution is -2.32. The van der Waals surface area contributed by atoms with E-state index < -0.39 is 0 Å². The Morgan fingerprint density at radius 1 is 1.12 bits per heavy atom. The fourth-order valence-corrected chi connectivity index (χ4v) is 4.44. The fourth-order valence-electron chi connectivity index (χ4n) is 3.79. The van der Waals surface area contributed by atoms with E-state index in [0.717, 1.165) is 21.7 Å². The van der Waals surface area contributed by atoms with E-state index in [9.17, 15) is 14.4 Å². The van der Waals surface area contributed by atoms with Crippen LogP contribution in [0.4, 0.5) is 11.4 Å².